The van der Waals surface area contributed by atoms with Crippen molar-refractivity contribution in [3.8, 4) is 0 Å². The summed E-state index contributed by atoms with van der Waals surface area (Å²) >= 11 is 0. The number of ether oxygens (including phenoxy) is 3. The SMILES string of the molecule is C=O.CCOCOCCOC(=O)C(C)(C)CC. The van der Waals surface area contributed by atoms with Crippen molar-refractivity contribution in [2.24, 2.45) is 5.41 Å². The van der Waals surface area contributed by atoms with Gasteiger partial charge in [-0.1, -0.05) is 6.92 Å². The van der Waals surface area contributed by atoms with E-state index in [0.29, 0.717) is 13.2 Å². The molecule has 0 heterocycles. The summed E-state index contributed by atoms with van der Waals surface area (Å²) in [5, 5.41) is 0. The van der Waals surface area contributed by atoms with E-state index in [2.05, 4.69) is 0 Å². The molecule has 17 heavy (non-hydrogen) atoms. The molecule has 5 nitrogen and oxygen atoms in total. The van der Waals surface area contributed by atoms with E-state index in [-0.39, 0.29) is 19.4 Å². The Morgan fingerprint density at radius 3 is 2.18 bits per heavy atom. The molecule has 0 radical (unpaired) electrons. The predicted octanol–water partition coefficient (Wildman–Crippen LogP) is 1.79. The van der Waals surface area contributed by atoms with Crippen molar-refractivity contribution in [1.29, 1.82) is 0 Å². The Kier molecular flexibility index (Phi) is 12.5. The summed E-state index contributed by atoms with van der Waals surface area (Å²) in [7, 11) is 0. The Balaban J connectivity index is 0. The number of hydrogen-bond donors (Lipinski definition) is 0. The Morgan fingerprint density at radius 1 is 1.12 bits per heavy atom. The topological polar surface area (TPSA) is 61.8 Å². The van der Waals surface area contributed by atoms with Crippen molar-refractivity contribution in [3.05, 3.63) is 0 Å². The molecule has 0 aromatic heterocycles. The standard InChI is InChI=1S/C11H22O4.CH2O/c1-5-11(3,4)10(12)15-8-7-14-9-13-6-2;1-2/h5-9H2,1-4H3;1H2. The normalized spacial score (nSPS) is 10.4. The molecule has 0 aromatic carbocycles. The molecule has 5 heteroatoms. The lowest BCUT2D eigenvalue weighted by atomic mass is 9.91. The summed E-state index contributed by atoms with van der Waals surface area (Å²) in [4.78, 5) is 19.5. The van der Waals surface area contributed by atoms with Gasteiger partial charge in [-0.15, -0.1) is 0 Å². The van der Waals surface area contributed by atoms with Crippen molar-refractivity contribution in [2.45, 2.75) is 34.1 Å². The maximum absolute atomic E-state index is 11.5. The molecule has 0 aliphatic carbocycles. The fourth-order valence-corrected chi connectivity index (χ4v) is 0.734. The van der Waals surface area contributed by atoms with Gasteiger partial charge < -0.3 is 19.0 Å². The maximum Gasteiger partial charge on any atom is 0.311 e. The van der Waals surface area contributed by atoms with Gasteiger partial charge in [0, 0.05) is 6.61 Å². The van der Waals surface area contributed by atoms with Crippen molar-refractivity contribution in [1.82, 2.24) is 0 Å². The van der Waals surface area contributed by atoms with Gasteiger partial charge in [0.05, 0.1) is 12.0 Å². The molecule has 0 rings (SSSR count). The fraction of sp³-hybridized carbons (Fsp3) is 0.833. The highest BCUT2D eigenvalue weighted by Gasteiger charge is 2.26. The van der Waals surface area contributed by atoms with E-state index in [0.717, 1.165) is 6.42 Å². The van der Waals surface area contributed by atoms with E-state index < -0.39 is 5.41 Å². The quantitative estimate of drug-likeness (QED) is 0.372. The average Bonchev–Trinajstić information content (AvgIpc) is 2.35. The summed E-state index contributed by atoms with van der Waals surface area (Å²) in [6, 6.07) is 0. The first-order chi connectivity index (χ1) is 8.04. The van der Waals surface area contributed by atoms with Crippen molar-refractivity contribution in [3.63, 3.8) is 0 Å². The summed E-state index contributed by atoms with van der Waals surface area (Å²) in [5.74, 6) is -0.176. The van der Waals surface area contributed by atoms with Crippen molar-refractivity contribution >= 4 is 12.8 Å². The second-order valence-electron chi connectivity index (χ2n) is 3.89. The molecule has 0 aromatic rings. The number of rotatable bonds is 8. The van der Waals surface area contributed by atoms with E-state index >= 15 is 0 Å². The van der Waals surface area contributed by atoms with Crippen LogP contribution in [0.25, 0.3) is 0 Å². The predicted molar refractivity (Wildman–Crippen MR) is 64.6 cm³/mol. The minimum atomic E-state index is -0.403. The van der Waals surface area contributed by atoms with Gasteiger partial charge in [0.25, 0.3) is 0 Å². The van der Waals surface area contributed by atoms with E-state index in [1.54, 1.807) is 0 Å². The van der Waals surface area contributed by atoms with Crippen LogP contribution in [0.4, 0.5) is 0 Å². The lowest BCUT2D eigenvalue weighted by Gasteiger charge is -2.20. The van der Waals surface area contributed by atoms with Gasteiger partial charge >= 0.3 is 5.97 Å². The lowest BCUT2D eigenvalue weighted by molar-refractivity contribution is -0.157. The monoisotopic (exact) mass is 248 g/mol. The van der Waals surface area contributed by atoms with Crippen LogP contribution in [0.2, 0.25) is 0 Å². The first-order valence-corrected chi connectivity index (χ1v) is 5.66. The first kappa shape index (κ1) is 18.4. The Hall–Kier alpha value is -0.940. The largest absolute Gasteiger partial charge is 0.463 e. The highest BCUT2D eigenvalue weighted by molar-refractivity contribution is 5.75. The minimum Gasteiger partial charge on any atom is -0.463 e. The van der Waals surface area contributed by atoms with Crippen LogP contribution < -0.4 is 0 Å². The number of carbonyl (C=O) groups is 2. The third kappa shape index (κ3) is 9.96. The van der Waals surface area contributed by atoms with Crippen molar-refractivity contribution in [2.75, 3.05) is 26.6 Å². The number of carbonyl (C=O) groups excluding carboxylic acids is 2. The van der Waals surface area contributed by atoms with Gasteiger partial charge in [-0.2, -0.15) is 0 Å². The first-order valence-electron chi connectivity index (χ1n) is 5.66. The van der Waals surface area contributed by atoms with E-state index in [4.69, 9.17) is 19.0 Å². The number of esters is 1. The number of hydrogen-bond acceptors (Lipinski definition) is 5. The third-order valence-electron chi connectivity index (χ3n) is 2.27. The molecule has 102 valence electrons. The molecule has 0 N–H and O–H groups in total. The van der Waals surface area contributed by atoms with Crippen LogP contribution in [0.3, 0.4) is 0 Å². The molecular weight excluding hydrogens is 224 g/mol. The molecule has 0 unspecified atom stereocenters. The highest BCUT2D eigenvalue weighted by atomic mass is 16.7. The fourth-order valence-electron chi connectivity index (χ4n) is 0.734. The van der Waals surface area contributed by atoms with Crippen LogP contribution >= 0.6 is 0 Å². The Bertz CT molecular complexity index is 191. The third-order valence-corrected chi connectivity index (χ3v) is 2.27. The zero-order chi connectivity index (χ0) is 13.7. The van der Waals surface area contributed by atoms with Crippen LogP contribution in [0.5, 0.6) is 0 Å². The second kappa shape index (κ2) is 11.5. The Labute approximate surface area is 103 Å². The summed E-state index contributed by atoms with van der Waals surface area (Å²) in [6.45, 7) is 11.2. The van der Waals surface area contributed by atoms with Crippen LogP contribution in [-0.2, 0) is 23.8 Å². The molecule has 0 saturated carbocycles. The lowest BCUT2D eigenvalue weighted by Crippen LogP contribution is -2.27. The molecule has 0 aliphatic rings. The van der Waals surface area contributed by atoms with Gasteiger partial charge in [-0.3, -0.25) is 4.79 Å². The van der Waals surface area contributed by atoms with Gasteiger partial charge in [0.1, 0.15) is 20.2 Å². The molecule has 0 saturated heterocycles. The molecule has 0 amide bonds. The zero-order valence-corrected chi connectivity index (χ0v) is 11.3. The van der Waals surface area contributed by atoms with Gasteiger partial charge in [0.15, 0.2) is 0 Å². The smallest absolute Gasteiger partial charge is 0.311 e. The highest BCUT2D eigenvalue weighted by Crippen LogP contribution is 2.21. The van der Waals surface area contributed by atoms with Gasteiger partial charge in [-0.05, 0) is 27.2 Å². The van der Waals surface area contributed by atoms with Gasteiger partial charge in [0.2, 0.25) is 0 Å². The second-order valence-corrected chi connectivity index (χ2v) is 3.89. The van der Waals surface area contributed by atoms with Crippen LogP contribution in [-0.4, -0.2) is 39.4 Å². The minimum absolute atomic E-state index is 0.176. The van der Waals surface area contributed by atoms with Crippen LogP contribution in [0.15, 0.2) is 0 Å². The molecule has 0 fully saturated rings. The molecule has 0 aliphatic heterocycles. The van der Waals surface area contributed by atoms with E-state index in [1.807, 2.05) is 34.5 Å². The molecule has 0 atom stereocenters. The van der Waals surface area contributed by atoms with Crippen LogP contribution in [0, 0.1) is 5.41 Å². The van der Waals surface area contributed by atoms with Crippen molar-refractivity contribution < 1.29 is 23.8 Å². The average molecular weight is 248 g/mol. The Morgan fingerprint density at radius 2 is 1.71 bits per heavy atom. The van der Waals surface area contributed by atoms with Gasteiger partial charge in [-0.25, -0.2) is 0 Å². The van der Waals surface area contributed by atoms with Crippen LogP contribution in [0.1, 0.15) is 34.1 Å². The summed E-state index contributed by atoms with van der Waals surface area (Å²) in [6.07, 6.45) is 0.769. The summed E-state index contributed by atoms with van der Waals surface area (Å²) in [5.41, 5.74) is -0.403. The molecule has 0 spiro atoms. The zero-order valence-electron chi connectivity index (χ0n) is 11.3. The summed E-state index contributed by atoms with van der Waals surface area (Å²) < 4.78 is 15.1. The molecule has 0 bridgehead atoms. The van der Waals surface area contributed by atoms with E-state index in [9.17, 15) is 4.79 Å². The molecular formula is C12H24O5. The van der Waals surface area contributed by atoms with E-state index in [1.165, 1.54) is 0 Å². The maximum atomic E-state index is 11.5.